The molecule has 8 heteroatoms. The molecule has 3 aliphatic heterocycles. The highest BCUT2D eigenvalue weighted by atomic mass is 16.5. The second kappa shape index (κ2) is 8.66. The number of aromatic nitrogens is 3. The Kier molecular flexibility index (Phi) is 5.48. The van der Waals surface area contributed by atoms with Crippen LogP contribution in [-0.4, -0.2) is 70.6 Å². The van der Waals surface area contributed by atoms with Crippen LogP contribution in [0.25, 0.3) is 10.9 Å². The third-order valence-electron chi connectivity index (χ3n) is 7.41. The number of pyridine rings is 1. The third-order valence-corrected chi connectivity index (χ3v) is 7.41. The monoisotopic (exact) mass is 457 g/mol. The van der Waals surface area contributed by atoms with E-state index in [2.05, 4.69) is 56.8 Å². The Morgan fingerprint density at radius 1 is 1.18 bits per heavy atom. The van der Waals surface area contributed by atoms with E-state index in [9.17, 15) is 5.26 Å². The van der Waals surface area contributed by atoms with E-state index in [-0.39, 0.29) is 12.2 Å². The molecule has 0 spiro atoms. The van der Waals surface area contributed by atoms with E-state index in [0.29, 0.717) is 17.6 Å². The molecule has 8 nitrogen and oxygen atoms in total. The number of nitrogens with one attached hydrogen (secondary N) is 1. The van der Waals surface area contributed by atoms with Crippen molar-refractivity contribution >= 4 is 16.6 Å². The molecule has 3 aliphatic rings. The van der Waals surface area contributed by atoms with Gasteiger partial charge < -0.3 is 15.0 Å². The molecule has 5 heterocycles. The summed E-state index contributed by atoms with van der Waals surface area (Å²) in [5.74, 6) is 0. The van der Waals surface area contributed by atoms with Crippen molar-refractivity contribution in [2.75, 3.05) is 37.6 Å². The minimum Gasteiger partial charge on any atom is -0.370 e. The van der Waals surface area contributed by atoms with Gasteiger partial charge >= 0.3 is 0 Å². The molecule has 176 valence electrons. The van der Waals surface area contributed by atoms with Gasteiger partial charge in [-0.1, -0.05) is 0 Å². The summed E-state index contributed by atoms with van der Waals surface area (Å²) < 4.78 is 8.62. The van der Waals surface area contributed by atoms with Gasteiger partial charge in [-0.3, -0.25) is 14.6 Å². The molecule has 0 radical (unpaired) electrons. The van der Waals surface area contributed by atoms with Gasteiger partial charge in [0.2, 0.25) is 0 Å². The summed E-state index contributed by atoms with van der Waals surface area (Å²) >= 11 is 0. The number of rotatable bonds is 4. The maximum Gasteiger partial charge on any atom is 0.101 e. The molecule has 2 unspecified atom stereocenters. The van der Waals surface area contributed by atoms with Crippen LogP contribution in [0.3, 0.4) is 0 Å². The second-order valence-corrected chi connectivity index (χ2v) is 10.0. The van der Waals surface area contributed by atoms with Crippen molar-refractivity contribution in [3.63, 3.8) is 0 Å². The minimum absolute atomic E-state index is 0.142. The lowest BCUT2D eigenvalue weighted by Crippen LogP contribution is -2.56. The average Bonchev–Trinajstić information content (AvgIpc) is 3.22. The third kappa shape index (κ3) is 3.84. The van der Waals surface area contributed by atoms with Crippen molar-refractivity contribution in [1.29, 1.82) is 5.26 Å². The normalized spacial score (nSPS) is 25.7. The molecule has 0 saturated carbocycles. The molecule has 0 amide bonds. The molecule has 3 atom stereocenters. The lowest BCUT2D eigenvalue weighted by molar-refractivity contribution is -0.0491. The van der Waals surface area contributed by atoms with Crippen molar-refractivity contribution in [3.8, 4) is 6.07 Å². The van der Waals surface area contributed by atoms with E-state index in [0.717, 1.165) is 62.3 Å². The molecule has 3 aromatic rings. The Bertz CT molecular complexity index is 1240. The molecule has 0 bridgehead atoms. The van der Waals surface area contributed by atoms with Crippen molar-refractivity contribution < 1.29 is 4.74 Å². The number of morpholine rings is 1. The number of likely N-dealkylation sites (tertiary alicyclic amines) is 1. The Labute approximate surface area is 200 Å². The predicted octanol–water partition coefficient (Wildman–Crippen LogP) is 2.49. The van der Waals surface area contributed by atoms with Gasteiger partial charge in [0.25, 0.3) is 0 Å². The van der Waals surface area contributed by atoms with Gasteiger partial charge in [0, 0.05) is 80.3 Å². The highest BCUT2D eigenvalue weighted by Gasteiger charge is 2.35. The predicted molar refractivity (Wildman–Crippen MR) is 131 cm³/mol. The maximum absolute atomic E-state index is 9.48. The molecule has 34 heavy (non-hydrogen) atoms. The lowest BCUT2D eigenvalue weighted by Gasteiger charge is -2.45. The first kappa shape index (κ1) is 21.5. The summed E-state index contributed by atoms with van der Waals surface area (Å²) in [6, 6.07) is 11.2. The van der Waals surface area contributed by atoms with Crippen LogP contribution in [0.4, 0.5) is 5.69 Å². The molecule has 2 aromatic heterocycles. The fourth-order valence-electron chi connectivity index (χ4n) is 5.76. The molecule has 2 saturated heterocycles. The SMILES string of the molecule is CC1CN(c2ccc(C#N)c3ncccc23)CC(CN2CC(n3ncc4c3C[C@H](C)NC4)C2)O1. The molecule has 6 rings (SSSR count). The van der Waals surface area contributed by atoms with Crippen LogP contribution in [0.5, 0.6) is 0 Å². The summed E-state index contributed by atoms with van der Waals surface area (Å²) in [5.41, 5.74) is 5.28. The maximum atomic E-state index is 9.48. The zero-order chi connectivity index (χ0) is 23.2. The summed E-state index contributed by atoms with van der Waals surface area (Å²) in [4.78, 5) is 9.37. The summed E-state index contributed by atoms with van der Waals surface area (Å²) in [6.07, 6.45) is 5.13. The van der Waals surface area contributed by atoms with Crippen molar-refractivity contribution in [1.82, 2.24) is 25.0 Å². The van der Waals surface area contributed by atoms with Crippen LogP contribution in [-0.2, 0) is 17.7 Å². The molecular weight excluding hydrogens is 426 g/mol. The van der Waals surface area contributed by atoms with Crippen LogP contribution in [0.1, 0.15) is 36.7 Å². The standard InChI is InChI=1S/C26H31N7O/c1-17-8-25-20(10-29-17)11-30-33(25)21-13-31(14-21)15-22-16-32(12-18(2)34-22)24-6-5-19(9-27)26-23(24)4-3-7-28-26/h3-7,11,17-18,21-22,29H,8,10,12-16H2,1-2H3/t17-,18?,22?/m0/s1. The Hall–Kier alpha value is -2.99. The number of hydrogen-bond donors (Lipinski definition) is 1. The largest absolute Gasteiger partial charge is 0.370 e. The Morgan fingerprint density at radius 2 is 2.06 bits per heavy atom. The van der Waals surface area contributed by atoms with Crippen LogP contribution in [0.15, 0.2) is 36.7 Å². The van der Waals surface area contributed by atoms with Crippen molar-refractivity contribution in [3.05, 3.63) is 53.5 Å². The Balaban J connectivity index is 1.14. The number of fused-ring (bicyclic) bond motifs is 2. The minimum atomic E-state index is 0.142. The molecular formula is C26H31N7O. The number of benzene rings is 1. The first-order valence-electron chi connectivity index (χ1n) is 12.3. The zero-order valence-corrected chi connectivity index (χ0v) is 19.8. The highest BCUT2D eigenvalue weighted by molar-refractivity contribution is 5.95. The first-order chi connectivity index (χ1) is 16.6. The van der Waals surface area contributed by atoms with Gasteiger partial charge in [0.05, 0.1) is 35.5 Å². The van der Waals surface area contributed by atoms with Crippen LogP contribution in [0.2, 0.25) is 0 Å². The zero-order valence-electron chi connectivity index (χ0n) is 19.8. The van der Waals surface area contributed by atoms with Gasteiger partial charge in [-0.05, 0) is 38.1 Å². The van der Waals surface area contributed by atoms with Gasteiger partial charge in [0.1, 0.15) is 6.07 Å². The number of ether oxygens (including phenoxy) is 1. The summed E-state index contributed by atoms with van der Waals surface area (Å²) in [7, 11) is 0. The van der Waals surface area contributed by atoms with E-state index >= 15 is 0 Å². The Morgan fingerprint density at radius 3 is 2.91 bits per heavy atom. The topological polar surface area (TPSA) is 82.2 Å². The molecule has 1 N–H and O–H groups in total. The van der Waals surface area contributed by atoms with E-state index in [1.807, 2.05) is 18.3 Å². The average molecular weight is 458 g/mol. The molecule has 0 aliphatic carbocycles. The van der Waals surface area contributed by atoms with E-state index in [4.69, 9.17) is 9.84 Å². The molecule has 2 fully saturated rings. The first-order valence-corrected chi connectivity index (χ1v) is 12.3. The van der Waals surface area contributed by atoms with Crippen molar-refractivity contribution in [2.45, 2.75) is 51.1 Å². The molecule has 1 aromatic carbocycles. The van der Waals surface area contributed by atoms with Crippen molar-refractivity contribution in [2.24, 2.45) is 0 Å². The second-order valence-electron chi connectivity index (χ2n) is 10.0. The fraction of sp³-hybridized carbons (Fsp3) is 0.500. The fourth-order valence-corrected chi connectivity index (χ4v) is 5.76. The number of hydrogen-bond acceptors (Lipinski definition) is 7. The van der Waals surface area contributed by atoms with Crippen LogP contribution >= 0.6 is 0 Å². The van der Waals surface area contributed by atoms with Gasteiger partial charge in [-0.15, -0.1) is 0 Å². The highest BCUT2D eigenvalue weighted by Crippen LogP contribution is 2.31. The van der Waals surface area contributed by atoms with Gasteiger partial charge in [-0.25, -0.2) is 0 Å². The van der Waals surface area contributed by atoms with Gasteiger partial charge in [0.15, 0.2) is 0 Å². The van der Waals surface area contributed by atoms with Gasteiger partial charge in [-0.2, -0.15) is 10.4 Å². The van der Waals surface area contributed by atoms with Crippen LogP contribution in [0, 0.1) is 11.3 Å². The lowest BCUT2D eigenvalue weighted by atomic mass is 10.0. The number of nitrogens with zero attached hydrogens (tertiary/aromatic N) is 6. The number of nitriles is 1. The quantitative estimate of drug-likeness (QED) is 0.645. The summed E-state index contributed by atoms with van der Waals surface area (Å²) in [5, 5.41) is 18.8. The van der Waals surface area contributed by atoms with E-state index in [1.165, 1.54) is 11.3 Å². The smallest absolute Gasteiger partial charge is 0.101 e. The number of anilines is 1. The van der Waals surface area contributed by atoms with E-state index < -0.39 is 0 Å². The summed E-state index contributed by atoms with van der Waals surface area (Å²) in [6.45, 7) is 9.95. The van der Waals surface area contributed by atoms with E-state index in [1.54, 1.807) is 6.20 Å². The van der Waals surface area contributed by atoms with Crippen LogP contribution < -0.4 is 10.2 Å².